The Morgan fingerprint density at radius 2 is 1.81 bits per heavy atom. The lowest BCUT2D eigenvalue weighted by atomic mass is 10.1. The van der Waals surface area contributed by atoms with Crippen LogP contribution in [0.1, 0.15) is 23.0 Å². The summed E-state index contributed by atoms with van der Waals surface area (Å²) in [6.07, 6.45) is 0.479. The first kappa shape index (κ1) is 19.6. The number of fused-ring (bicyclic) bond motifs is 1. The van der Waals surface area contributed by atoms with E-state index in [2.05, 4.69) is 10.4 Å². The van der Waals surface area contributed by atoms with Crippen molar-refractivity contribution in [2.45, 2.75) is 12.5 Å². The highest BCUT2D eigenvalue weighted by Crippen LogP contribution is 2.33. The van der Waals surface area contributed by atoms with Crippen LogP contribution in [0, 0.1) is 0 Å². The van der Waals surface area contributed by atoms with Gasteiger partial charge in [0.05, 0.1) is 23.2 Å². The van der Waals surface area contributed by atoms with Crippen molar-refractivity contribution in [1.29, 1.82) is 0 Å². The van der Waals surface area contributed by atoms with Gasteiger partial charge in [-0.2, -0.15) is 5.10 Å². The number of anilines is 1. The molecule has 2 aliphatic rings. The molecular formula is C22H21N3O5S. The summed E-state index contributed by atoms with van der Waals surface area (Å²) in [5.41, 5.74) is 2.37. The molecule has 160 valence electrons. The Morgan fingerprint density at radius 1 is 1.03 bits per heavy atom. The SMILES string of the molecule is O=C(Nc1ccc2c(c1)OCCO2)c1cc(-c2ccccc2)n([C@H]2CCS(=O)(=O)C2)n1. The van der Waals surface area contributed by atoms with Gasteiger partial charge in [0.25, 0.3) is 5.91 Å². The lowest BCUT2D eigenvalue weighted by Crippen LogP contribution is -2.17. The number of rotatable bonds is 4. The van der Waals surface area contributed by atoms with Gasteiger partial charge in [0.1, 0.15) is 13.2 Å². The van der Waals surface area contributed by atoms with Gasteiger partial charge in [-0.1, -0.05) is 30.3 Å². The zero-order valence-corrected chi connectivity index (χ0v) is 17.5. The van der Waals surface area contributed by atoms with Crippen molar-refractivity contribution < 1.29 is 22.7 Å². The maximum absolute atomic E-state index is 12.9. The summed E-state index contributed by atoms with van der Waals surface area (Å²) < 4.78 is 36.8. The van der Waals surface area contributed by atoms with Crippen LogP contribution < -0.4 is 14.8 Å². The van der Waals surface area contributed by atoms with Crippen LogP contribution >= 0.6 is 0 Å². The minimum absolute atomic E-state index is 0.0255. The average molecular weight is 439 g/mol. The summed E-state index contributed by atoms with van der Waals surface area (Å²) in [5.74, 6) is 0.994. The standard InChI is InChI=1S/C22H21N3O5S/c26-22(23-16-6-7-20-21(12-16)30-10-9-29-20)18-13-19(15-4-2-1-3-5-15)25(24-18)17-8-11-31(27,28)14-17/h1-7,12-13,17H,8-11,14H2,(H,23,26)/t17-/m0/s1. The summed E-state index contributed by atoms with van der Waals surface area (Å²) in [5, 5.41) is 7.34. The fourth-order valence-corrected chi connectivity index (χ4v) is 5.58. The Bertz CT molecular complexity index is 1240. The molecule has 2 aliphatic heterocycles. The van der Waals surface area contributed by atoms with Crippen molar-refractivity contribution in [3.05, 3.63) is 60.3 Å². The minimum atomic E-state index is -3.10. The van der Waals surface area contributed by atoms with E-state index in [9.17, 15) is 13.2 Å². The molecule has 1 fully saturated rings. The van der Waals surface area contributed by atoms with Gasteiger partial charge in [-0.25, -0.2) is 8.42 Å². The van der Waals surface area contributed by atoms with E-state index < -0.39 is 9.84 Å². The molecule has 1 aromatic heterocycles. The number of amides is 1. The van der Waals surface area contributed by atoms with E-state index in [0.29, 0.717) is 36.8 Å². The maximum atomic E-state index is 12.9. The number of nitrogens with one attached hydrogen (secondary N) is 1. The topological polar surface area (TPSA) is 99.5 Å². The molecule has 1 amide bonds. The average Bonchev–Trinajstić information content (AvgIpc) is 3.38. The zero-order chi connectivity index (χ0) is 21.4. The first-order valence-corrected chi connectivity index (χ1v) is 11.9. The number of aromatic nitrogens is 2. The van der Waals surface area contributed by atoms with Gasteiger partial charge < -0.3 is 14.8 Å². The Labute approximate surface area is 179 Å². The van der Waals surface area contributed by atoms with Crippen LogP contribution in [0.3, 0.4) is 0 Å². The number of ether oxygens (including phenoxy) is 2. The molecule has 9 heteroatoms. The van der Waals surface area contributed by atoms with Gasteiger partial charge in [0.2, 0.25) is 0 Å². The third kappa shape index (κ3) is 4.00. The monoisotopic (exact) mass is 439 g/mol. The number of hydrogen-bond acceptors (Lipinski definition) is 6. The largest absolute Gasteiger partial charge is 0.486 e. The smallest absolute Gasteiger partial charge is 0.276 e. The van der Waals surface area contributed by atoms with E-state index >= 15 is 0 Å². The van der Waals surface area contributed by atoms with Crippen LogP contribution in [-0.4, -0.2) is 48.8 Å². The Hall–Kier alpha value is -3.33. The molecule has 1 saturated heterocycles. The summed E-state index contributed by atoms with van der Waals surface area (Å²) in [6, 6.07) is 16.1. The number of hydrogen-bond donors (Lipinski definition) is 1. The van der Waals surface area contributed by atoms with Gasteiger partial charge in [0.15, 0.2) is 27.0 Å². The number of nitrogens with zero attached hydrogens (tertiary/aromatic N) is 2. The van der Waals surface area contributed by atoms with Gasteiger partial charge >= 0.3 is 0 Å². The van der Waals surface area contributed by atoms with Crippen LogP contribution in [0.2, 0.25) is 0 Å². The van der Waals surface area contributed by atoms with Crippen molar-refractivity contribution >= 4 is 21.4 Å². The molecule has 0 unspecified atom stereocenters. The second kappa shape index (κ2) is 7.73. The van der Waals surface area contributed by atoms with E-state index in [0.717, 1.165) is 11.3 Å². The van der Waals surface area contributed by atoms with Crippen molar-refractivity contribution in [3.63, 3.8) is 0 Å². The van der Waals surface area contributed by atoms with E-state index in [1.807, 2.05) is 30.3 Å². The number of sulfone groups is 1. The normalized spacial score (nSPS) is 19.2. The van der Waals surface area contributed by atoms with Crippen LogP contribution in [0.15, 0.2) is 54.6 Å². The third-order valence-corrected chi connectivity index (χ3v) is 7.14. The molecule has 1 N–H and O–H groups in total. The lowest BCUT2D eigenvalue weighted by Gasteiger charge is -2.18. The highest BCUT2D eigenvalue weighted by atomic mass is 32.2. The first-order chi connectivity index (χ1) is 15.0. The van der Waals surface area contributed by atoms with Crippen molar-refractivity contribution in [3.8, 4) is 22.8 Å². The predicted molar refractivity (Wildman–Crippen MR) is 115 cm³/mol. The van der Waals surface area contributed by atoms with Gasteiger partial charge in [-0.15, -0.1) is 0 Å². The van der Waals surface area contributed by atoms with Gasteiger partial charge in [-0.05, 0) is 30.2 Å². The van der Waals surface area contributed by atoms with E-state index in [4.69, 9.17) is 9.47 Å². The summed E-state index contributed by atoms with van der Waals surface area (Å²) >= 11 is 0. The Balaban J connectivity index is 1.46. The molecule has 1 atom stereocenters. The van der Waals surface area contributed by atoms with Crippen LogP contribution in [0.5, 0.6) is 11.5 Å². The van der Waals surface area contributed by atoms with E-state index in [1.165, 1.54) is 0 Å². The highest BCUT2D eigenvalue weighted by molar-refractivity contribution is 7.91. The fraction of sp³-hybridized carbons (Fsp3) is 0.273. The van der Waals surface area contributed by atoms with Gasteiger partial charge in [-0.3, -0.25) is 9.48 Å². The second-order valence-electron chi connectivity index (χ2n) is 7.59. The maximum Gasteiger partial charge on any atom is 0.276 e. The van der Waals surface area contributed by atoms with Crippen LogP contribution in [0.4, 0.5) is 5.69 Å². The molecule has 0 spiro atoms. The zero-order valence-electron chi connectivity index (χ0n) is 16.7. The van der Waals surface area contributed by atoms with Crippen molar-refractivity contribution in [1.82, 2.24) is 9.78 Å². The molecule has 2 aromatic carbocycles. The van der Waals surface area contributed by atoms with Crippen molar-refractivity contribution in [2.75, 3.05) is 30.0 Å². The summed E-state index contributed by atoms with van der Waals surface area (Å²) in [6.45, 7) is 0.953. The first-order valence-electron chi connectivity index (χ1n) is 10.0. The third-order valence-electron chi connectivity index (χ3n) is 5.39. The molecule has 0 radical (unpaired) electrons. The summed E-state index contributed by atoms with van der Waals surface area (Å²) in [4.78, 5) is 12.9. The highest BCUT2D eigenvalue weighted by Gasteiger charge is 2.32. The molecule has 0 aliphatic carbocycles. The second-order valence-corrected chi connectivity index (χ2v) is 9.82. The molecular weight excluding hydrogens is 418 g/mol. The van der Waals surface area contributed by atoms with Crippen molar-refractivity contribution in [2.24, 2.45) is 0 Å². The number of carbonyl (C=O) groups is 1. The molecule has 0 saturated carbocycles. The van der Waals surface area contributed by atoms with Crippen LogP contribution in [-0.2, 0) is 9.84 Å². The molecule has 31 heavy (non-hydrogen) atoms. The Kier molecular flexibility index (Phi) is 4.90. The molecule has 0 bridgehead atoms. The lowest BCUT2D eigenvalue weighted by molar-refractivity contribution is 0.102. The van der Waals surface area contributed by atoms with E-state index in [-0.39, 0.29) is 29.1 Å². The predicted octanol–water partition coefficient (Wildman–Crippen LogP) is 2.93. The molecule has 5 rings (SSSR count). The molecule has 8 nitrogen and oxygen atoms in total. The number of carbonyl (C=O) groups excluding carboxylic acids is 1. The summed E-state index contributed by atoms with van der Waals surface area (Å²) in [7, 11) is -3.10. The molecule has 3 heterocycles. The fourth-order valence-electron chi connectivity index (χ4n) is 3.89. The molecule has 3 aromatic rings. The quantitative estimate of drug-likeness (QED) is 0.671. The minimum Gasteiger partial charge on any atom is -0.486 e. The van der Waals surface area contributed by atoms with E-state index in [1.54, 1.807) is 28.9 Å². The van der Waals surface area contributed by atoms with Gasteiger partial charge in [0, 0.05) is 11.8 Å². The van der Waals surface area contributed by atoms with Crippen LogP contribution in [0.25, 0.3) is 11.3 Å². The number of benzene rings is 2. The Morgan fingerprint density at radius 3 is 2.55 bits per heavy atom.